The summed E-state index contributed by atoms with van der Waals surface area (Å²) in [5.41, 5.74) is 7.40. The highest BCUT2D eigenvalue weighted by molar-refractivity contribution is 5.59. The van der Waals surface area contributed by atoms with Gasteiger partial charge in [0.15, 0.2) is 0 Å². The zero-order valence-corrected chi connectivity index (χ0v) is 9.70. The van der Waals surface area contributed by atoms with E-state index < -0.39 is 0 Å². The van der Waals surface area contributed by atoms with Gasteiger partial charge in [0, 0.05) is 36.7 Å². The highest BCUT2D eigenvalue weighted by Gasteiger charge is 1.98. The molecule has 0 saturated heterocycles. The first-order chi connectivity index (χ1) is 7.76. The highest BCUT2D eigenvalue weighted by atomic mass is 16.5. The van der Waals surface area contributed by atoms with E-state index in [1.807, 2.05) is 12.1 Å². The molecule has 90 valence electrons. The number of hydrogen-bond donors (Lipinski definition) is 3. The Kier molecular flexibility index (Phi) is 5.50. The molecule has 1 aromatic rings. The smallest absolute Gasteiger partial charge is 0.122 e. The maximum absolute atomic E-state index is 8.63. The van der Waals surface area contributed by atoms with Gasteiger partial charge in [0.25, 0.3) is 0 Å². The number of rotatable bonds is 7. The van der Waals surface area contributed by atoms with Crippen molar-refractivity contribution in [3.8, 4) is 5.75 Å². The molecule has 0 radical (unpaired) electrons. The van der Waals surface area contributed by atoms with Crippen molar-refractivity contribution in [1.82, 2.24) is 0 Å². The molecule has 0 heterocycles. The van der Waals surface area contributed by atoms with E-state index >= 15 is 0 Å². The molecular weight excluding hydrogens is 204 g/mol. The summed E-state index contributed by atoms with van der Waals surface area (Å²) in [6.07, 6.45) is 2.93. The molecule has 0 atom stereocenters. The van der Waals surface area contributed by atoms with E-state index in [-0.39, 0.29) is 6.61 Å². The number of methoxy groups -OCH3 is 1. The largest absolute Gasteiger partial charge is 0.497 e. The van der Waals surface area contributed by atoms with E-state index in [9.17, 15) is 0 Å². The SMILES string of the molecule is COc1cc(N)cc(NCCCCCO)c1. The first kappa shape index (κ1) is 12.6. The van der Waals surface area contributed by atoms with Gasteiger partial charge in [-0.25, -0.2) is 0 Å². The molecule has 4 nitrogen and oxygen atoms in total. The monoisotopic (exact) mass is 224 g/mol. The van der Waals surface area contributed by atoms with E-state index in [2.05, 4.69) is 5.32 Å². The first-order valence-electron chi connectivity index (χ1n) is 5.55. The molecule has 0 aliphatic rings. The van der Waals surface area contributed by atoms with Crippen LogP contribution >= 0.6 is 0 Å². The molecule has 0 aliphatic carbocycles. The van der Waals surface area contributed by atoms with Crippen LogP contribution in [0, 0.1) is 0 Å². The quantitative estimate of drug-likeness (QED) is 0.488. The molecule has 0 amide bonds. The van der Waals surface area contributed by atoms with Crippen LogP contribution in [0.2, 0.25) is 0 Å². The van der Waals surface area contributed by atoms with Gasteiger partial charge in [-0.15, -0.1) is 0 Å². The first-order valence-corrected chi connectivity index (χ1v) is 5.55. The third-order valence-corrected chi connectivity index (χ3v) is 2.33. The Morgan fingerprint density at radius 2 is 2.06 bits per heavy atom. The molecule has 0 unspecified atom stereocenters. The van der Waals surface area contributed by atoms with Crippen molar-refractivity contribution in [2.45, 2.75) is 19.3 Å². The number of anilines is 2. The summed E-state index contributed by atoms with van der Waals surface area (Å²) >= 11 is 0. The van der Waals surface area contributed by atoms with Crippen LogP contribution < -0.4 is 15.8 Å². The second-order valence-electron chi connectivity index (χ2n) is 3.71. The fraction of sp³-hybridized carbons (Fsp3) is 0.500. The number of aliphatic hydroxyl groups is 1. The Morgan fingerprint density at radius 1 is 1.25 bits per heavy atom. The zero-order valence-electron chi connectivity index (χ0n) is 9.70. The summed E-state index contributed by atoms with van der Waals surface area (Å²) < 4.78 is 5.13. The maximum atomic E-state index is 8.63. The van der Waals surface area contributed by atoms with Crippen LogP contribution in [0.5, 0.6) is 5.75 Å². The number of aliphatic hydroxyl groups excluding tert-OH is 1. The minimum Gasteiger partial charge on any atom is -0.497 e. The number of unbranched alkanes of at least 4 members (excludes halogenated alkanes) is 2. The van der Waals surface area contributed by atoms with Crippen LogP contribution in [0.15, 0.2) is 18.2 Å². The predicted molar refractivity (Wildman–Crippen MR) is 66.8 cm³/mol. The number of hydrogen-bond acceptors (Lipinski definition) is 4. The lowest BCUT2D eigenvalue weighted by Gasteiger charge is -2.09. The van der Waals surface area contributed by atoms with Crippen molar-refractivity contribution in [2.24, 2.45) is 0 Å². The van der Waals surface area contributed by atoms with Crippen LogP contribution in [0.25, 0.3) is 0 Å². The van der Waals surface area contributed by atoms with Gasteiger partial charge in [0.2, 0.25) is 0 Å². The average Bonchev–Trinajstić information content (AvgIpc) is 2.28. The molecule has 4 N–H and O–H groups in total. The summed E-state index contributed by atoms with van der Waals surface area (Å²) in [6, 6.07) is 5.59. The van der Waals surface area contributed by atoms with Crippen molar-refractivity contribution in [1.29, 1.82) is 0 Å². The van der Waals surface area contributed by atoms with Gasteiger partial charge in [-0.1, -0.05) is 0 Å². The van der Waals surface area contributed by atoms with E-state index in [0.717, 1.165) is 37.2 Å². The van der Waals surface area contributed by atoms with Gasteiger partial charge in [-0.2, -0.15) is 0 Å². The number of benzene rings is 1. The molecule has 0 aliphatic heterocycles. The summed E-state index contributed by atoms with van der Waals surface area (Å²) in [4.78, 5) is 0. The van der Waals surface area contributed by atoms with Gasteiger partial charge >= 0.3 is 0 Å². The van der Waals surface area contributed by atoms with E-state index in [1.54, 1.807) is 13.2 Å². The second kappa shape index (κ2) is 6.95. The van der Waals surface area contributed by atoms with Crippen molar-refractivity contribution in [3.63, 3.8) is 0 Å². The van der Waals surface area contributed by atoms with Gasteiger partial charge in [-0.05, 0) is 25.3 Å². The van der Waals surface area contributed by atoms with Crippen LogP contribution in [-0.2, 0) is 0 Å². The molecule has 16 heavy (non-hydrogen) atoms. The van der Waals surface area contributed by atoms with Crippen molar-refractivity contribution in [3.05, 3.63) is 18.2 Å². The molecule has 1 aromatic carbocycles. The Balaban J connectivity index is 2.38. The lowest BCUT2D eigenvalue weighted by Crippen LogP contribution is -2.02. The summed E-state index contributed by atoms with van der Waals surface area (Å²) in [5, 5.41) is 11.9. The molecule has 0 spiro atoms. The topological polar surface area (TPSA) is 67.5 Å². The Morgan fingerprint density at radius 3 is 2.75 bits per heavy atom. The van der Waals surface area contributed by atoms with Crippen LogP contribution in [0.4, 0.5) is 11.4 Å². The zero-order chi connectivity index (χ0) is 11.8. The van der Waals surface area contributed by atoms with E-state index in [4.69, 9.17) is 15.6 Å². The highest BCUT2D eigenvalue weighted by Crippen LogP contribution is 2.22. The molecule has 0 saturated carbocycles. The fourth-order valence-corrected chi connectivity index (χ4v) is 1.49. The fourth-order valence-electron chi connectivity index (χ4n) is 1.49. The molecule has 1 rings (SSSR count). The van der Waals surface area contributed by atoms with Gasteiger partial charge in [0.1, 0.15) is 5.75 Å². The van der Waals surface area contributed by atoms with Crippen LogP contribution in [0.1, 0.15) is 19.3 Å². The lowest BCUT2D eigenvalue weighted by molar-refractivity contribution is 0.283. The molecule has 4 heteroatoms. The van der Waals surface area contributed by atoms with Gasteiger partial charge in [0.05, 0.1) is 7.11 Å². The summed E-state index contributed by atoms with van der Waals surface area (Å²) in [7, 11) is 1.62. The third kappa shape index (κ3) is 4.40. The predicted octanol–water partition coefficient (Wildman–Crippen LogP) is 1.85. The van der Waals surface area contributed by atoms with Crippen LogP contribution in [0.3, 0.4) is 0 Å². The number of nitrogens with two attached hydrogens (primary N) is 1. The van der Waals surface area contributed by atoms with Crippen molar-refractivity contribution < 1.29 is 9.84 Å². The third-order valence-electron chi connectivity index (χ3n) is 2.33. The van der Waals surface area contributed by atoms with Gasteiger partial charge in [-0.3, -0.25) is 0 Å². The Hall–Kier alpha value is -1.42. The number of nitrogens with one attached hydrogen (secondary N) is 1. The standard InChI is InChI=1S/C12H20N2O2/c1-16-12-8-10(13)7-11(9-12)14-5-3-2-4-6-15/h7-9,14-15H,2-6,13H2,1H3. The average molecular weight is 224 g/mol. The Bertz CT molecular complexity index is 316. The number of nitrogen functional groups attached to an aromatic ring is 1. The summed E-state index contributed by atoms with van der Waals surface area (Å²) in [5.74, 6) is 0.762. The van der Waals surface area contributed by atoms with Gasteiger partial charge < -0.3 is 20.9 Å². The minimum atomic E-state index is 0.270. The molecule has 0 aromatic heterocycles. The van der Waals surface area contributed by atoms with Crippen molar-refractivity contribution >= 4 is 11.4 Å². The Labute approximate surface area is 96.4 Å². The number of ether oxygens (including phenoxy) is 1. The summed E-state index contributed by atoms with van der Waals surface area (Å²) in [6.45, 7) is 1.15. The molecular formula is C12H20N2O2. The minimum absolute atomic E-state index is 0.270. The molecule has 0 bridgehead atoms. The normalized spacial score (nSPS) is 10.1. The van der Waals surface area contributed by atoms with E-state index in [0.29, 0.717) is 5.69 Å². The second-order valence-corrected chi connectivity index (χ2v) is 3.71. The maximum Gasteiger partial charge on any atom is 0.122 e. The van der Waals surface area contributed by atoms with Crippen molar-refractivity contribution in [2.75, 3.05) is 31.3 Å². The lowest BCUT2D eigenvalue weighted by atomic mass is 10.2. The molecule has 0 fully saturated rings. The van der Waals surface area contributed by atoms with Crippen LogP contribution in [-0.4, -0.2) is 25.4 Å². The van der Waals surface area contributed by atoms with E-state index in [1.165, 1.54) is 0 Å².